The summed E-state index contributed by atoms with van der Waals surface area (Å²) in [5.74, 6) is -0.142. The normalized spacial score (nSPS) is 12.7. The zero-order valence-corrected chi connectivity index (χ0v) is 10.3. The second kappa shape index (κ2) is 7.39. The van der Waals surface area contributed by atoms with Crippen molar-refractivity contribution in [3.63, 3.8) is 0 Å². The lowest BCUT2D eigenvalue weighted by Crippen LogP contribution is -2.27. The molecule has 0 amide bonds. The smallest absolute Gasteiger partial charge is 0.123 e. The Morgan fingerprint density at radius 1 is 1.38 bits per heavy atom. The van der Waals surface area contributed by atoms with Gasteiger partial charge in [0.15, 0.2) is 0 Å². The number of hydrogen-bond acceptors (Lipinski definition) is 1. The van der Waals surface area contributed by atoms with Gasteiger partial charge in [0.25, 0.3) is 0 Å². The fraction of sp³-hybridized carbons (Fsp3) is 0.571. The summed E-state index contributed by atoms with van der Waals surface area (Å²) in [7, 11) is 0. The second-order valence-electron chi connectivity index (χ2n) is 4.38. The molecule has 0 aliphatic rings. The predicted molar refractivity (Wildman–Crippen MR) is 67.1 cm³/mol. The van der Waals surface area contributed by atoms with E-state index >= 15 is 0 Å². The third-order valence-corrected chi connectivity index (χ3v) is 2.79. The first-order valence-corrected chi connectivity index (χ1v) is 6.20. The summed E-state index contributed by atoms with van der Waals surface area (Å²) >= 11 is 0. The fourth-order valence-corrected chi connectivity index (χ4v) is 1.77. The van der Waals surface area contributed by atoms with E-state index < -0.39 is 0 Å². The van der Waals surface area contributed by atoms with Crippen molar-refractivity contribution in [2.75, 3.05) is 6.54 Å². The lowest BCUT2D eigenvalue weighted by atomic mass is 10.1. The molecule has 1 unspecified atom stereocenters. The number of nitrogens with one attached hydrogen (secondary N) is 1. The minimum absolute atomic E-state index is 0.142. The van der Waals surface area contributed by atoms with Crippen LogP contribution in [0.5, 0.6) is 0 Å². The van der Waals surface area contributed by atoms with Crippen molar-refractivity contribution in [3.05, 3.63) is 35.6 Å². The summed E-state index contributed by atoms with van der Waals surface area (Å²) in [6, 6.07) is 7.40. The van der Waals surface area contributed by atoms with Crippen molar-refractivity contribution >= 4 is 0 Å². The van der Waals surface area contributed by atoms with Crippen LogP contribution in [0.4, 0.5) is 4.39 Å². The maximum absolute atomic E-state index is 12.9. The van der Waals surface area contributed by atoms with Gasteiger partial charge in [0.2, 0.25) is 0 Å². The Morgan fingerprint density at radius 3 is 2.88 bits per heavy atom. The van der Waals surface area contributed by atoms with E-state index in [1.807, 2.05) is 6.07 Å². The molecule has 2 heteroatoms. The van der Waals surface area contributed by atoms with Gasteiger partial charge >= 0.3 is 0 Å². The largest absolute Gasteiger partial charge is 0.314 e. The highest BCUT2D eigenvalue weighted by Gasteiger charge is 2.00. The maximum Gasteiger partial charge on any atom is 0.123 e. The summed E-state index contributed by atoms with van der Waals surface area (Å²) in [6.45, 7) is 5.34. The monoisotopic (exact) mass is 223 g/mol. The van der Waals surface area contributed by atoms with Crippen molar-refractivity contribution in [1.82, 2.24) is 5.32 Å². The lowest BCUT2D eigenvalue weighted by molar-refractivity contribution is 0.498. The van der Waals surface area contributed by atoms with E-state index in [1.165, 1.54) is 25.3 Å². The topological polar surface area (TPSA) is 12.0 Å². The predicted octanol–water partition coefficient (Wildman–Crippen LogP) is 3.54. The van der Waals surface area contributed by atoms with Gasteiger partial charge in [0.05, 0.1) is 0 Å². The first-order valence-electron chi connectivity index (χ1n) is 6.20. The molecule has 1 aromatic carbocycles. The molecule has 0 bridgehead atoms. The van der Waals surface area contributed by atoms with Crippen LogP contribution < -0.4 is 5.32 Å². The number of benzene rings is 1. The highest BCUT2D eigenvalue weighted by molar-refractivity contribution is 5.16. The van der Waals surface area contributed by atoms with Crippen LogP contribution in [0.3, 0.4) is 0 Å². The number of halogens is 1. The molecule has 0 spiro atoms. The molecule has 1 nitrogen and oxygen atoms in total. The van der Waals surface area contributed by atoms with E-state index in [0.717, 1.165) is 18.5 Å². The Morgan fingerprint density at radius 2 is 2.19 bits per heavy atom. The van der Waals surface area contributed by atoms with Crippen molar-refractivity contribution in [2.45, 2.75) is 45.6 Å². The zero-order chi connectivity index (χ0) is 11.8. The first-order chi connectivity index (χ1) is 7.72. The Hall–Kier alpha value is -0.890. The van der Waals surface area contributed by atoms with Gasteiger partial charge < -0.3 is 5.32 Å². The van der Waals surface area contributed by atoms with Crippen LogP contribution in [-0.4, -0.2) is 12.6 Å². The molecule has 1 N–H and O–H groups in total. The van der Waals surface area contributed by atoms with Gasteiger partial charge in [-0.3, -0.25) is 0 Å². The quantitative estimate of drug-likeness (QED) is 0.745. The van der Waals surface area contributed by atoms with Crippen LogP contribution in [0, 0.1) is 5.82 Å². The minimum atomic E-state index is -0.142. The lowest BCUT2D eigenvalue weighted by Gasteiger charge is -2.13. The molecule has 0 heterocycles. The van der Waals surface area contributed by atoms with Crippen LogP contribution in [0.1, 0.15) is 38.7 Å². The van der Waals surface area contributed by atoms with Gasteiger partial charge in [-0.25, -0.2) is 4.39 Å². The third kappa shape index (κ3) is 5.26. The summed E-state index contributed by atoms with van der Waals surface area (Å²) in [4.78, 5) is 0. The average molecular weight is 223 g/mol. The molecule has 0 aliphatic heterocycles. The summed E-state index contributed by atoms with van der Waals surface area (Å²) in [5, 5.41) is 3.46. The van der Waals surface area contributed by atoms with Crippen molar-refractivity contribution in [1.29, 1.82) is 0 Å². The molecule has 1 rings (SSSR count). The van der Waals surface area contributed by atoms with E-state index in [2.05, 4.69) is 19.2 Å². The van der Waals surface area contributed by atoms with Crippen LogP contribution >= 0.6 is 0 Å². The van der Waals surface area contributed by atoms with Crippen LogP contribution in [0.25, 0.3) is 0 Å². The van der Waals surface area contributed by atoms with Gasteiger partial charge in [0, 0.05) is 6.04 Å². The number of rotatable bonds is 7. The Labute approximate surface area is 98.1 Å². The molecule has 0 aromatic heterocycles. The first kappa shape index (κ1) is 13.2. The Bertz CT molecular complexity index is 299. The van der Waals surface area contributed by atoms with Gasteiger partial charge in [-0.15, -0.1) is 0 Å². The SMILES string of the molecule is CCCCC(C)NCCc1cccc(F)c1. The fourth-order valence-electron chi connectivity index (χ4n) is 1.77. The summed E-state index contributed by atoms with van der Waals surface area (Å²) < 4.78 is 12.9. The van der Waals surface area contributed by atoms with Crippen molar-refractivity contribution in [3.8, 4) is 0 Å². The van der Waals surface area contributed by atoms with E-state index in [1.54, 1.807) is 12.1 Å². The molecule has 90 valence electrons. The third-order valence-electron chi connectivity index (χ3n) is 2.79. The maximum atomic E-state index is 12.9. The van der Waals surface area contributed by atoms with Crippen LogP contribution in [-0.2, 0) is 6.42 Å². The molecule has 1 aromatic rings. The summed E-state index contributed by atoms with van der Waals surface area (Å²) in [6.07, 6.45) is 4.64. The molecule has 1 atom stereocenters. The van der Waals surface area contributed by atoms with Gasteiger partial charge in [-0.1, -0.05) is 31.9 Å². The zero-order valence-electron chi connectivity index (χ0n) is 10.3. The minimum Gasteiger partial charge on any atom is -0.314 e. The van der Waals surface area contributed by atoms with E-state index in [-0.39, 0.29) is 5.82 Å². The highest BCUT2D eigenvalue weighted by atomic mass is 19.1. The Balaban J connectivity index is 2.20. The van der Waals surface area contributed by atoms with Gasteiger partial charge in [-0.2, -0.15) is 0 Å². The van der Waals surface area contributed by atoms with E-state index in [0.29, 0.717) is 6.04 Å². The standard InChI is InChI=1S/C14H22FN/c1-3-4-6-12(2)16-10-9-13-7-5-8-14(15)11-13/h5,7-8,11-12,16H,3-4,6,9-10H2,1-2H3. The van der Waals surface area contributed by atoms with Gasteiger partial charge in [-0.05, 0) is 44.0 Å². The highest BCUT2D eigenvalue weighted by Crippen LogP contribution is 2.04. The summed E-state index contributed by atoms with van der Waals surface area (Å²) in [5.41, 5.74) is 1.06. The molecular weight excluding hydrogens is 201 g/mol. The van der Waals surface area contributed by atoms with Crippen molar-refractivity contribution < 1.29 is 4.39 Å². The van der Waals surface area contributed by atoms with E-state index in [9.17, 15) is 4.39 Å². The molecule has 0 saturated heterocycles. The number of hydrogen-bond donors (Lipinski definition) is 1. The second-order valence-corrected chi connectivity index (χ2v) is 4.38. The molecule has 0 saturated carbocycles. The molecule has 0 radical (unpaired) electrons. The van der Waals surface area contributed by atoms with Crippen LogP contribution in [0.2, 0.25) is 0 Å². The number of unbranched alkanes of at least 4 members (excludes halogenated alkanes) is 1. The van der Waals surface area contributed by atoms with Crippen molar-refractivity contribution in [2.24, 2.45) is 0 Å². The Kier molecular flexibility index (Phi) is 6.09. The van der Waals surface area contributed by atoms with Gasteiger partial charge in [0.1, 0.15) is 5.82 Å². The molecular formula is C14H22FN. The molecule has 0 aliphatic carbocycles. The molecule has 16 heavy (non-hydrogen) atoms. The van der Waals surface area contributed by atoms with Crippen LogP contribution in [0.15, 0.2) is 24.3 Å². The average Bonchev–Trinajstić information content (AvgIpc) is 2.26. The van der Waals surface area contributed by atoms with E-state index in [4.69, 9.17) is 0 Å². The molecule has 0 fully saturated rings.